The van der Waals surface area contributed by atoms with Crippen LogP contribution in [0, 0.1) is 18.2 Å². The summed E-state index contributed by atoms with van der Waals surface area (Å²) in [5.41, 5.74) is 1.82. The van der Waals surface area contributed by atoms with Crippen LogP contribution in [0.5, 0.6) is 0 Å². The summed E-state index contributed by atoms with van der Waals surface area (Å²) in [5.74, 6) is 1.23. The maximum absolute atomic E-state index is 14.5. The van der Waals surface area contributed by atoms with Crippen LogP contribution in [0.4, 0.5) is 4.39 Å². The average molecular weight is 461 g/mol. The van der Waals surface area contributed by atoms with E-state index in [0.29, 0.717) is 48.4 Å². The molecule has 5 nitrogen and oxygen atoms in total. The Hall–Kier alpha value is -3.42. The highest BCUT2D eigenvalue weighted by Gasteiger charge is 2.40. The number of hydrogen-bond donors (Lipinski definition) is 0. The van der Waals surface area contributed by atoms with Crippen LogP contribution in [0.3, 0.4) is 0 Å². The number of Topliss-reactive ketones (excluding diaryl/α,β-unsaturated/α-hetero) is 1. The highest BCUT2D eigenvalue weighted by atomic mass is 31.0. The number of rotatable bonds is 6. The second-order valence-corrected chi connectivity index (χ2v) is 8.80. The van der Waals surface area contributed by atoms with Gasteiger partial charge in [-0.05, 0) is 56.2 Å². The van der Waals surface area contributed by atoms with Crippen molar-refractivity contribution in [1.29, 1.82) is 0 Å². The molecule has 2 heterocycles. The third kappa shape index (κ3) is 5.16. The number of nitrogens with zero attached hydrogens (tertiary/aromatic N) is 3. The summed E-state index contributed by atoms with van der Waals surface area (Å²) in [6, 6.07) is 7.59. The number of aliphatic imine (C=N–C) groups is 1. The minimum absolute atomic E-state index is 0.00922. The molecular formula is C26H25FN3O2P. The Morgan fingerprint density at radius 3 is 2.64 bits per heavy atom. The van der Waals surface area contributed by atoms with Gasteiger partial charge in [-0.2, -0.15) is 0 Å². The highest BCUT2D eigenvalue weighted by molar-refractivity contribution is 7.21. The van der Waals surface area contributed by atoms with Crippen molar-refractivity contribution in [2.75, 3.05) is 13.1 Å². The Morgan fingerprint density at radius 2 is 2.03 bits per heavy atom. The molecule has 1 aromatic carbocycles. The van der Waals surface area contributed by atoms with Crippen LogP contribution in [-0.4, -0.2) is 46.0 Å². The first kappa shape index (κ1) is 24.2. The molecule has 0 bridgehead atoms. The number of amides is 1. The number of terminal acetylenes is 1. The fourth-order valence-electron chi connectivity index (χ4n) is 3.78. The zero-order valence-electron chi connectivity index (χ0n) is 18.4. The monoisotopic (exact) mass is 461 g/mol. The van der Waals surface area contributed by atoms with Crippen molar-refractivity contribution in [3.8, 4) is 12.3 Å². The van der Waals surface area contributed by atoms with Crippen molar-refractivity contribution in [3.63, 3.8) is 0 Å². The van der Waals surface area contributed by atoms with Crippen molar-refractivity contribution in [3.05, 3.63) is 83.5 Å². The first-order valence-electron chi connectivity index (χ1n) is 10.5. The van der Waals surface area contributed by atoms with E-state index in [2.05, 4.69) is 31.7 Å². The number of hydrogen-bond acceptors (Lipinski definition) is 4. The largest absolute Gasteiger partial charge is 0.338 e. The third-order valence-electron chi connectivity index (χ3n) is 5.60. The molecule has 1 unspecified atom stereocenters. The summed E-state index contributed by atoms with van der Waals surface area (Å²) in [4.78, 5) is 36.8. The second kappa shape index (κ2) is 10.5. The average Bonchev–Trinajstić information content (AvgIpc) is 2.83. The van der Waals surface area contributed by atoms with E-state index in [1.165, 1.54) is 12.1 Å². The molecule has 1 amide bonds. The molecule has 2 aromatic rings. The molecule has 0 N–H and O–H groups in total. The molecule has 168 valence electrons. The Labute approximate surface area is 195 Å². The first-order valence-corrected chi connectivity index (χ1v) is 11.1. The number of halogens is 1. The van der Waals surface area contributed by atoms with Gasteiger partial charge in [0, 0.05) is 31.1 Å². The summed E-state index contributed by atoms with van der Waals surface area (Å²) in [6.07, 6.45) is 12.6. The van der Waals surface area contributed by atoms with E-state index in [4.69, 9.17) is 6.42 Å². The standard InChI is InChI=1S/C26H25FN3O2P/c1-4-8-22(28-6-3)23-20(9-7-14-29-23)25(32)30-15-12-26(33,13-16-30)24(31)19-11-10-18(5-2)17-21(19)27/h2,4,6-11,14,17H,1,12-13,15-16,33H2,3H3/b22-8-,28-6?. The van der Waals surface area contributed by atoms with Crippen LogP contribution in [-0.2, 0) is 0 Å². The number of aromatic nitrogens is 1. The third-order valence-corrected chi connectivity index (χ3v) is 6.44. The van der Waals surface area contributed by atoms with Crippen LogP contribution < -0.4 is 0 Å². The van der Waals surface area contributed by atoms with Crippen LogP contribution in [0.2, 0.25) is 0 Å². The quantitative estimate of drug-likeness (QED) is 0.208. The molecule has 1 fully saturated rings. The summed E-state index contributed by atoms with van der Waals surface area (Å²) < 4.78 is 14.5. The van der Waals surface area contributed by atoms with Gasteiger partial charge in [-0.1, -0.05) is 18.6 Å². The lowest BCUT2D eigenvalue weighted by Crippen LogP contribution is -2.47. The highest BCUT2D eigenvalue weighted by Crippen LogP contribution is 2.36. The molecule has 1 aliphatic heterocycles. The molecule has 0 spiro atoms. The van der Waals surface area contributed by atoms with Crippen LogP contribution in [0.1, 0.15) is 51.7 Å². The molecule has 3 rings (SSSR count). The summed E-state index contributed by atoms with van der Waals surface area (Å²) in [5, 5.41) is -0.854. The zero-order valence-corrected chi connectivity index (χ0v) is 19.6. The van der Waals surface area contributed by atoms with Crippen molar-refractivity contribution < 1.29 is 14.0 Å². The van der Waals surface area contributed by atoms with Gasteiger partial charge in [0.1, 0.15) is 11.5 Å². The van der Waals surface area contributed by atoms with Gasteiger partial charge in [0.05, 0.1) is 22.0 Å². The van der Waals surface area contributed by atoms with Gasteiger partial charge in [-0.25, -0.2) is 4.39 Å². The van der Waals surface area contributed by atoms with E-state index in [-0.39, 0.29) is 17.3 Å². The van der Waals surface area contributed by atoms with E-state index in [1.807, 2.05) is 0 Å². The zero-order chi connectivity index (χ0) is 24.0. The summed E-state index contributed by atoms with van der Waals surface area (Å²) in [7, 11) is 2.58. The van der Waals surface area contributed by atoms with Gasteiger partial charge in [0.25, 0.3) is 5.91 Å². The normalized spacial score (nSPS) is 15.8. The van der Waals surface area contributed by atoms with Gasteiger partial charge < -0.3 is 4.90 Å². The van der Waals surface area contributed by atoms with Crippen LogP contribution in [0.15, 0.2) is 60.3 Å². The molecule has 0 saturated carbocycles. The lowest BCUT2D eigenvalue weighted by Gasteiger charge is -2.38. The Balaban J connectivity index is 1.80. The Kier molecular flexibility index (Phi) is 7.68. The molecule has 1 aliphatic rings. The van der Waals surface area contributed by atoms with Gasteiger partial charge >= 0.3 is 0 Å². The number of benzene rings is 1. The van der Waals surface area contributed by atoms with E-state index >= 15 is 0 Å². The van der Waals surface area contributed by atoms with Crippen LogP contribution in [0.25, 0.3) is 5.70 Å². The number of likely N-dealkylation sites (tertiary alicyclic amines) is 1. The molecule has 1 saturated heterocycles. The SMILES string of the molecule is C#Cc1ccc(C(=O)C2(P)CCN(C(=O)c3cccnc3/C(=C/C=C)N=CC)CC2)c(F)c1. The molecule has 33 heavy (non-hydrogen) atoms. The van der Waals surface area contributed by atoms with Gasteiger partial charge in [0.2, 0.25) is 0 Å². The first-order chi connectivity index (χ1) is 15.8. The number of pyridine rings is 1. The van der Waals surface area contributed by atoms with Gasteiger partial charge in [-0.15, -0.1) is 15.7 Å². The van der Waals surface area contributed by atoms with Gasteiger partial charge in [-0.3, -0.25) is 19.6 Å². The van der Waals surface area contributed by atoms with Gasteiger partial charge in [0.15, 0.2) is 5.78 Å². The van der Waals surface area contributed by atoms with E-state index in [1.54, 1.807) is 54.6 Å². The molecule has 0 radical (unpaired) electrons. The lowest BCUT2D eigenvalue weighted by atomic mass is 9.87. The molecule has 1 aromatic heterocycles. The van der Waals surface area contributed by atoms with Crippen molar-refractivity contribution in [2.24, 2.45) is 4.99 Å². The fourth-order valence-corrected chi connectivity index (χ4v) is 4.19. The van der Waals surface area contributed by atoms with Crippen LogP contribution >= 0.6 is 9.24 Å². The second-order valence-electron chi connectivity index (χ2n) is 7.69. The minimum atomic E-state index is -0.854. The molecule has 1 atom stereocenters. The summed E-state index contributed by atoms with van der Waals surface area (Å²) in [6.45, 7) is 6.19. The summed E-state index contributed by atoms with van der Waals surface area (Å²) >= 11 is 0. The van der Waals surface area contributed by atoms with Crippen molar-refractivity contribution in [2.45, 2.75) is 24.9 Å². The Morgan fingerprint density at radius 1 is 1.30 bits per heavy atom. The molecule has 0 aliphatic carbocycles. The minimum Gasteiger partial charge on any atom is -0.338 e. The number of ketones is 1. The van der Waals surface area contributed by atoms with Crippen molar-refractivity contribution in [1.82, 2.24) is 9.88 Å². The Bertz CT molecular complexity index is 1190. The number of piperidine rings is 1. The number of carbonyl (C=O) groups excluding carboxylic acids is 2. The molecular weight excluding hydrogens is 436 g/mol. The van der Waals surface area contributed by atoms with E-state index < -0.39 is 11.0 Å². The number of carbonyl (C=O) groups is 2. The number of allylic oxidation sites excluding steroid dienone is 2. The molecule has 7 heteroatoms. The predicted octanol–water partition coefficient (Wildman–Crippen LogP) is 4.55. The smallest absolute Gasteiger partial charge is 0.256 e. The van der Waals surface area contributed by atoms with E-state index in [0.717, 1.165) is 0 Å². The maximum Gasteiger partial charge on any atom is 0.256 e. The predicted molar refractivity (Wildman–Crippen MR) is 133 cm³/mol. The van der Waals surface area contributed by atoms with E-state index in [9.17, 15) is 14.0 Å². The fraction of sp³-hybridized carbons (Fsp3) is 0.231. The lowest BCUT2D eigenvalue weighted by molar-refractivity contribution is 0.0671. The topological polar surface area (TPSA) is 62.6 Å². The van der Waals surface area contributed by atoms with Crippen molar-refractivity contribution >= 4 is 32.8 Å². The maximum atomic E-state index is 14.5.